The highest BCUT2D eigenvalue weighted by atomic mass is 16.5. The van der Waals surface area contributed by atoms with Crippen molar-refractivity contribution in [3.05, 3.63) is 18.2 Å². The molecule has 2 rings (SSSR count). The van der Waals surface area contributed by atoms with E-state index in [0.29, 0.717) is 18.0 Å². The summed E-state index contributed by atoms with van der Waals surface area (Å²) in [5.41, 5.74) is 6.03. The van der Waals surface area contributed by atoms with Gasteiger partial charge in [-0.05, 0) is 31.5 Å². The van der Waals surface area contributed by atoms with E-state index < -0.39 is 0 Å². The Morgan fingerprint density at radius 1 is 1.26 bits per heavy atom. The summed E-state index contributed by atoms with van der Waals surface area (Å²) in [5.74, 6) is 0.636. The van der Waals surface area contributed by atoms with E-state index in [1.54, 1.807) is 18.2 Å². The van der Waals surface area contributed by atoms with Crippen LogP contribution >= 0.6 is 0 Å². The van der Waals surface area contributed by atoms with Gasteiger partial charge in [-0.3, -0.25) is 4.90 Å². The second-order valence-electron chi connectivity index (χ2n) is 4.70. The summed E-state index contributed by atoms with van der Waals surface area (Å²) in [6.07, 6.45) is 2.07. The molecule has 1 aliphatic heterocycles. The topological polar surface area (TPSA) is 68.0 Å². The zero-order valence-corrected chi connectivity index (χ0v) is 11.2. The average molecular weight is 266 g/mol. The molecule has 0 spiro atoms. The minimum atomic E-state index is 0.0748. The zero-order valence-electron chi connectivity index (χ0n) is 11.2. The molecule has 1 fully saturated rings. The summed E-state index contributed by atoms with van der Waals surface area (Å²) >= 11 is 0. The Labute approximate surface area is 113 Å². The summed E-state index contributed by atoms with van der Waals surface area (Å²) < 4.78 is 10.9. The molecule has 0 unspecified atom stereocenters. The molecule has 0 amide bonds. The highest BCUT2D eigenvalue weighted by molar-refractivity contribution is 5.61. The normalized spacial score (nSPS) is 16.4. The lowest BCUT2D eigenvalue weighted by molar-refractivity contribution is 0.0368. The maximum absolute atomic E-state index is 9.45. The molecule has 106 valence electrons. The summed E-state index contributed by atoms with van der Waals surface area (Å²) in [4.78, 5) is 2.41. The number of rotatable bonds is 6. The Balaban J connectivity index is 1.62. The molecule has 0 bridgehead atoms. The molecule has 5 nitrogen and oxygen atoms in total. The van der Waals surface area contributed by atoms with Crippen LogP contribution in [0.2, 0.25) is 0 Å². The van der Waals surface area contributed by atoms with E-state index in [1.165, 1.54) is 0 Å². The average Bonchev–Trinajstić information content (AvgIpc) is 2.44. The van der Waals surface area contributed by atoms with Gasteiger partial charge in [-0.1, -0.05) is 6.07 Å². The second-order valence-corrected chi connectivity index (χ2v) is 4.70. The Morgan fingerprint density at radius 3 is 2.84 bits per heavy atom. The number of ether oxygens (including phenoxy) is 2. The van der Waals surface area contributed by atoms with E-state index in [2.05, 4.69) is 4.90 Å². The molecule has 1 aromatic carbocycles. The first-order valence-corrected chi connectivity index (χ1v) is 6.78. The second kappa shape index (κ2) is 7.21. The Kier molecular flexibility index (Phi) is 5.30. The van der Waals surface area contributed by atoms with Gasteiger partial charge in [0.2, 0.25) is 0 Å². The van der Waals surface area contributed by atoms with Crippen molar-refractivity contribution in [2.75, 3.05) is 45.2 Å². The molecule has 0 aromatic heterocycles. The van der Waals surface area contributed by atoms with Crippen LogP contribution in [0.1, 0.15) is 12.8 Å². The third-order valence-electron chi connectivity index (χ3n) is 3.27. The van der Waals surface area contributed by atoms with Gasteiger partial charge in [0.25, 0.3) is 0 Å². The molecule has 1 heterocycles. The van der Waals surface area contributed by atoms with Crippen molar-refractivity contribution in [2.24, 2.45) is 0 Å². The molecule has 1 saturated heterocycles. The van der Waals surface area contributed by atoms with E-state index in [1.807, 2.05) is 0 Å². The predicted molar refractivity (Wildman–Crippen MR) is 74.5 cm³/mol. The van der Waals surface area contributed by atoms with Crippen molar-refractivity contribution in [3.63, 3.8) is 0 Å². The minimum Gasteiger partial charge on any atom is -0.506 e. The zero-order chi connectivity index (χ0) is 13.5. The van der Waals surface area contributed by atoms with E-state index in [0.717, 1.165) is 45.7 Å². The fourth-order valence-corrected chi connectivity index (χ4v) is 2.10. The largest absolute Gasteiger partial charge is 0.506 e. The van der Waals surface area contributed by atoms with Gasteiger partial charge >= 0.3 is 0 Å². The Hall–Kier alpha value is -1.46. The molecule has 0 aliphatic carbocycles. The molecule has 5 heteroatoms. The number of unbranched alkanes of at least 4 members (excludes halogenated alkanes) is 1. The molecule has 3 N–H and O–H groups in total. The number of morpholine rings is 1. The van der Waals surface area contributed by atoms with Crippen LogP contribution in [-0.4, -0.2) is 49.5 Å². The molecule has 19 heavy (non-hydrogen) atoms. The summed E-state index contributed by atoms with van der Waals surface area (Å²) in [5, 5.41) is 9.45. The van der Waals surface area contributed by atoms with Crippen molar-refractivity contribution >= 4 is 5.69 Å². The number of phenols is 1. The fourth-order valence-electron chi connectivity index (χ4n) is 2.10. The number of aromatic hydroxyl groups is 1. The molecular formula is C14H22N2O3. The number of nitrogens with zero attached hydrogens (tertiary/aromatic N) is 1. The van der Waals surface area contributed by atoms with Crippen LogP contribution in [0.3, 0.4) is 0 Å². The van der Waals surface area contributed by atoms with Gasteiger partial charge in [0.15, 0.2) is 0 Å². The molecular weight excluding hydrogens is 244 g/mol. The third kappa shape index (κ3) is 4.29. The van der Waals surface area contributed by atoms with Gasteiger partial charge < -0.3 is 20.3 Å². The Bertz CT molecular complexity index is 392. The van der Waals surface area contributed by atoms with Crippen LogP contribution < -0.4 is 10.5 Å². The van der Waals surface area contributed by atoms with Gasteiger partial charge in [-0.2, -0.15) is 0 Å². The number of hydrogen-bond donors (Lipinski definition) is 2. The first-order valence-electron chi connectivity index (χ1n) is 6.78. The van der Waals surface area contributed by atoms with E-state index >= 15 is 0 Å². The number of nitrogen functional groups attached to an aromatic ring is 1. The lowest BCUT2D eigenvalue weighted by Crippen LogP contribution is -2.36. The number of para-hydroxylation sites is 1. The maximum atomic E-state index is 9.45. The fraction of sp³-hybridized carbons (Fsp3) is 0.571. The number of nitrogens with two attached hydrogens (primary N) is 1. The Morgan fingerprint density at radius 2 is 2.05 bits per heavy atom. The van der Waals surface area contributed by atoms with E-state index in [9.17, 15) is 5.11 Å². The highest BCUT2D eigenvalue weighted by Crippen LogP contribution is 2.29. The monoisotopic (exact) mass is 266 g/mol. The van der Waals surface area contributed by atoms with Crippen LogP contribution in [0, 0.1) is 0 Å². The third-order valence-corrected chi connectivity index (χ3v) is 3.27. The van der Waals surface area contributed by atoms with E-state index in [4.69, 9.17) is 15.2 Å². The van der Waals surface area contributed by atoms with Crippen LogP contribution in [0.5, 0.6) is 11.5 Å². The van der Waals surface area contributed by atoms with Crippen LogP contribution in [-0.2, 0) is 4.74 Å². The van der Waals surface area contributed by atoms with Gasteiger partial charge in [0.1, 0.15) is 17.2 Å². The minimum absolute atomic E-state index is 0.0748. The standard InChI is InChI=1S/C14H22N2O3/c15-14-12(17)4-3-5-13(14)19-9-2-1-6-16-7-10-18-11-8-16/h3-5,17H,1-2,6-11,15H2. The van der Waals surface area contributed by atoms with E-state index in [-0.39, 0.29) is 5.75 Å². The number of anilines is 1. The lowest BCUT2D eigenvalue weighted by Gasteiger charge is -2.26. The van der Waals surface area contributed by atoms with Gasteiger partial charge in [0, 0.05) is 13.1 Å². The SMILES string of the molecule is Nc1c(O)cccc1OCCCCN1CCOCC1. The van der Waals surface area contributed by atoms with Crippen LogP contribution in [0.25, 0.3) is 0 Å². The highest BCUT2D eigenvalue weighted by Gasteiger charge is 2.09. The summed E-state index contributed by atoms with van der Waals surface area (Å²) in [7, 11) is 0. The van der Waals surface area contributed by atoms with Crippen LogP contribution in [0.4, 0.5) is 5.69 Å². The van der Waals surface area contributed by atoms with Crippen LogP contribution in [0.15, 0.2) is 18.2 Å². The number of benzene rings is 1. The van der Waals surface area contributed by atoms with Crippen molar-refractivity contribution in [2.45, 2.75) is 12.8 Å². The molecule has 0 radical (unpaired) electrons. The van der Waals surface area contributed by atoms with Gasteiger partial charge in [-0.15, -0.1) is 0 Å². The summed E-state index contributed by atoms with van der Waals surface area (Å²) in [6, 6.07) is 5.06. The predicted octanol–water partition coefficient (Wildman–Crippen LogP) is 1.47. The number of hydrogen-bond acceptors (Lipinski definition) is 5. The van der Waals surface area contributed by atoms with Gasteiger partial charge in [0.05, 0.1) is 19.8 Å². The lowest BCUT2D eigenvalue weighted by atomic mass is 10.2. The molecule has 0 saturated carbocycles. The number of phenolic OH excluding ortho intramolecular Hbond substituents is 1. The molecule has 1 aromatic rings. The van der Waals surface area contributed by atoms with Crippen molar-refractivity contribution < 1.29 is 14.6 Å². The van der Waals surface area contributed by atoms with Gasteiger partial charge in [-0.25, -0.2) is 0 Å². The molecule has 0 atom stereocenters. The first kappa shape index (κ1) is 14.0. The summed E-state index contributed by atoms with van der Waals surface area (Å²) in [6.45, 7) is 5.45. The van der Waals surface area contributed by atoms with Crippen molar-refractivity contribution in [1.82, 2.24) is 4.90 Å². The quantitative estimate of drug-likeness (QED) is 0.463. The first-order chi connectivity index (χ1) is 9.27. The van der Waals surface area contributed by atoms with Crippen molar-refractivity contribution in [1.29, 1.82) is 0 Å². The maximum Gasteiger partial charge on any atom is 0.145 e. The molecule has 1 aliphatic rings. The van der Waals surface area contributed by atoms with Crippen molar-refractivity contribution in [3.8, 4) is 11.5 Å². The smallest absolute Gasteiger partial charge is 0.145 e.